The Morgan fingerprint density at radius 3 is 2.95 bits per heavy atom. The van der Waals surface area contributed by atoms with Crippen LogP contribution in [-0.2, 0) is 11.2 Å². The van der Waals surface area contributed by atoms with E-state index in [2.05, 4.69) is 35.6 Å². The third kappa shape index (κ3) is 3.88. The van der Waals surface area contributed by atoms with Gasteiger partial charge in [-0.25, -0.2) is 9.97 Å². The number of nitrogens with zero attached hydrogens (tertiary/aromatic N) is 3. The van der Waals surface area contributed by atoms with Gasteiger partial charge in [-0.1, -0.05) is 20.8 Å². The molecule has 0 amide bonds. The molecule has 1 aliphatic rings. The van der Waals surface area contributed by atoms with Gasteiger partial charge in [0.25, 0.3) is 0 Å². The third-order valence-corrected chi connectivity index (χ3v) is 3.32. The van der Waals surface area contributed by atoms with Crippen LogP contribution in [0.5, 0.6) is 0 Å². The van der Waals surface area contributed by atoms with Gasteiger partial charge in [0.05, 0.1) is 6.61 Å². The van der Waals surface area contributed by atoms with E-state index < -0.39 is 0 Å². The first-order valence-corrected chi connectivity index (χ1v) is 7.05. The van der Waals surface area contributed by atoms with Gasteiger partial charge in [-0.15, -0.1) is 0 Å². The summed E-state index contributed by atoms with van der Waals surface area (Å²) in [6, 6.07) is 1.86. The molecule has 106 valence electrons. The maximum atomic E-state index is 5.89. The van der Waals surface area contributed by atoms with Gasteiger partial charge in [0.15, 0.2) is 5.82 Å². The number of ether oxygens (including phenoxy) is 1. The van der Waals surface area contributed by atoms with Crippen LogP contribution in [0.1, 0.15) is 38.4 Å². The predicted octanol–water partition coefficient (Wildman–Crippen LogP) is 1.65. The Morgan fingerprint density at radius 2 is 2.26 bits per heavy atom. The van der Waals surface area contributed by atoms with Crippen LogP contribution in [0.3, 0.4) is 0 Å². The minimum absolute atomic E-state index is 0.0527. The topological polar surface area (TPSA) is 64.3 Å². The number of aromatic nitrogens is 2. The largest absolute Gasteiger partial charge is 0.384 e. The molecule has 1 aromatic rings. The van der Waals surface area contributed by atoms with E-state index in [1.807, 2.05) is 6.07 Å². The molecule has 1 unspecified atom stereocenters. The molecule has 0 spiro atoms. The molecule has 5 nitrogen and oxygen atoms in total. The van der Waals surface area contributed by atoms with Gasteiger partial charge in [-0.2, -0.15) is 0 Å². The second-order valence-electron chi connectivity index (χ2n) is 5.49. The van der Waals surface area contributed by atoms with Crippen molar-refractivity contribution in [2.75, 3.05) is 32.0 Å². The van der Waals surface area contributed by atoms with E-state index in [0.717, 1.165) is 44.2 Å². The third-order valence-electron chi connectivity index (χ3n) is 3.32. The van der Waals surface area contributed by atoms with Gasteiger partial charge in [0.1, 0.15) is 11.9 Å². The molecule has 1 aliphatic heterocycles. The highest BCUT2D eigenvalue weighted by atomic mass is 16.5. The molecule has 1 saturated heterocycles. The number of hydrogen-bond donors (Lipinski definition) is 1. The molecule has 0 bridgehead atoms. The average molecular weight is 264 g/mol. The number of morpholine rings is 1. The minimum atomic E-state index is -0.0527. The maximum absolute atomic E-state index is 5.89. The number of hydrogen-bond acceptors (Lipinski definition) is 5. The van der Waals surface area contributed by atoms with Crippen LogP contribution in [0, 0.1) is 5.92 Å². The second kappa shape index (κ2) is 6.30. The van der Waals surface area contributed by atoms with Crippen LogP contribution in [0.4, 0.5) is 5.82 Å². The number of anilines is 1. The highest BCUT2D eigenvalue weighted by Crippen LogP contribution is 2.21. The summed E-state index contributed by atoms with van der Waals surface area (Å²) in [5.41, 5.74) is 6.90. The smallest absolute Gasteiger partial charge is 0.161 e. The van der Waals surface area contributed by atoms with E-state index in [0.29, 0.717) is 11.7 Å². The minimum Gasteiger partial charge on any atom is -0.384 e. The number of nitrogens with two attached hydrogens (primary N) is 1. The quantitative estimate of drug-likeness (QED) is 0.896. The molecule has 19 heavy (non-hydrogen) atoms. The molecule has 1 aromatic heterocycles. The van der Waals surface area contributed by atoms with E-state index in [1.165, 1.54) is 0 Å². The van der Waals surface area contributed by atoms with Crippen molar-refractivity contribution in [1.82, 2.24) is 14.9 Å². The van der Waals surface area contributed by atoms with E-state index in [1.54, 1.807) is 0 Å². The monoisotopic (exact) mass is 264 g/mol. The van der Waals surface area contributed by atoms with Crippen molar-refractivity contribution in [1.29, 1.82) is 0 Å². The zero-order valence-corrected chi connectivity index (χ0v) is 12.1. The van der Waals surface area contributed by atoms with Crippen molar-refractivity contribution in [3.63, 3.8) is 0 Å². The van der Waals surface area contributed by atoms with E-state index in [9.17, 15) is 0 Å². The number of likely N-dealkylation sites (N-methyl/N-ethyl adjacent to an activating group) is 1. The first kappa shape index (κ1) is 14.2. The summed E-state index contributed by atoms with van der Waals surface area (Å²) >= 11 is 0. The molecule has 0 radical (unpaired) electrons. The summed E-state index contributed by atoms with van der Waals surface area (Å²) in [6.45, 7) is 10.1. The molecule has 5 heteroatoms. The van der Waals surface area contributed by atoms with Crippen LogP contribution in [0.25, 0.3) is 0 Å². The fourth-order valence-corrected chi connectivity index (χ4v) is 2.35. The summed E-state index contributed by atoms with van der Waals surface area (Å²) in [4.78, 5) is 11.3. The summed E-state index contributed by atoms with van der Waals surface area (Å²) in [7, 11) is 0. The fourth-order valence-electron chi connectivity index (χ4n) is 2.35. The van der Waals surface area contributed by atoms with Crippen LogP contribution < -0.4 is 5.73 Å². The fraction of sp³-hybridized carbons (Fsp3) is 0.714. The Morgan fingerprint density at radius 1 is 1.47 bits per heavy atom. The standard InChI is InChI=1S/C14H24N4O/c1-4-18-5-6-19-12(9-18)14-16-11(7-10(2)3)8-13(15)17-14/h8,10,12H,4-7,9H2,1-3H3,(H2,15,16,17). The Bertz CT molecular complexity index is 422. The summed E-state index contributed by atoms with van der Waals surface area (Å²) in [5.74, 6) is 1.83. The van der Waals surface area contributed by atoms with Gasteiger partial charge in [0.2, 0.25) is 0 Å². The van der Waals surface area contributed by atoms with E-state index in [-0.39, 0.29) is 6.10 Å². The van der Waals surface area contributed by atoms with Crippen molar-refractivity contribution in [3.8, 4) is 0 Å². The summed E-state index contributed by atoms with van der Waals surface area (Å²) in [5, 5.41) is 0. The van der Waals surface area contributed by atoms with Crippen molar-refractivity contribution in [2.45, 2.75) is 33.3 Å². The zero-order chi connectivity index (χ0) is 13.8. The Balaban J connectivity index is 2.16. The first-order valence-electron chi connectivity index (χ1n) is 7.05. The molecule has 2 heterocycles. The molecule has 2 N–H and O–H groups in total. The Labute approximate surface area is 115 Å². The van der Waals surface area contributed by atoms with E-state index >= 15 is 0 Å². The number of rotatable bonds is 4. The van der Waals surface area contributed by atoms with Gasteiger partial charge in [-0.05, 0) is 18.9 Å². The van der Waals surface area contributed by atoms with Crippen LogP contribution in [-0.4, -0.2) is 41.1 Å². The lowest BCUT2D eigenvalue weighted by atomic mass is 10.1. The average Bonchev–Trinajstić information content (AvgIpc) is 2.37. The molecule has 0 saturated carbocycles. The lowest BCUT2D eigenvalue weighted by molar-refractivity contribution is -0.0326. The molecule has 1 fully saturated rings. The van der Waals surface area contributed by atoms with Crippen molar-refractivity contribution >= 4 is 5.82 Å². The van der Waals surface area contributed by atoms with E-state index in [4.69, 9.17) is 10.5 Å². The van der Waals surface area contributed by atoms with Crippen molar-refractivity contribution in [3.05, 3.63) is 17.6 Å². The molecule has 0 aromatic carbocycles. The molecular weight excluding hydrogens is 240 g/mol. The van der Waals surface area contributed by atoms with Gasteiger partial charge < -0.3 is 10.5 Å². The zero-order valence-electron chi connectivity index (χ0n) is 12.1. The van der Waals surface area contributed by atoms with Gasteiger partial charge in [-0.3, -0.25) is 4.90 Å². The van der Waals surface area contributed by atoms with Crippen LogP contribution in [0.2, 0.25) is 0 Å². The predicted molar refractivity (Wildman–Crippen MR) is 75.8 cm³/mol. The van der Waals surface area contributed by atoms with Gasteiger partial charge in [0, 0.05) is 24.8 Å². The number of nitrogen functional groups attached to an aromatic ring is 1. The molecular formula is C14H24N4O. The molecule has 2 rings (SSSR count). The highest BCUT2D eigenvalue weighted by Gasteiger charge is 2.24. The first-order chi connectivity index (χ1) is 9.08. The van der Waals surface area contributed by atoms with Crippen molar-refractivity contribution in [2.24, 2.45) is 5.92 Å². The molecule has 1 atom stereocenters. The van der Waals surface area contributed by atoms with Gasteiger partial charge >= 0.3 is 0 Å². The maximum Gasteiger partial charge on any atom is 0.161 e. The summed E-state index contributed by atoms with van der Waals surface area (Å²) in [6.07, 6.45) is 0.868. The van der Waals surface area contributed by atoms with Crippen molar-refractivity contribution < 1.29 is 4.74 Å². The Hall–Kier alpha value is -1.20. The van der Waals surface area contributed by atoms with Crippen LogP contribution in [0.15, 0.2) is 6.07 Å². The SMILES string of the molecule is CCN1CCOC(c2nc(N)cc(CC(C)C)n2)C1. The normalized spacial score (nSPS) is 20.9. The van der Waals surface area contributed by atoms with Crippen LogP contribution >= 0.6 is 0 Å². The lowest BCUT2D eigenvalue weighted by Gasteiger charge is -2.31. The summed E-state index contributed by atoms with van der Waals surface area (Å²) < 4.78 is 5.79. The highest BCUT2D eigenvalue weighted by molar-refractivity contribution is 5.30. The Kier molecular flexibility index (Phi) is 4.71. The lowest BCUT2D eigenvalue weighted by Crippen LogP contribution is -2.38. The second-order valence-corrected chi connectivity index (χ2v) is 5.49. The molecule has 0 aliphatic carbocycles.